The predicted molar refractivity (Wildman–Crippen MR) is 107 cm³/mol. The summed E-state index contributed by atoms with van der Waals surface area (Å²) in [6.07, 6.45) is 1.93. The van der Waals surface area contributed by atoms with E-state index >= 15 is 0 Å². The molecule has 2 rings (SSSR count). The van der Waals surface area contributed by atoms with E-state index in [4.69, 9.17) is 14.2 Å². The van der Waals surface area contributed by atoms with E-state index in [9.17, 15) is 19.2 Å². The highest BCUT2D eigenvalue weighted by Gasteiger charge is 2.36. The fourth-order valence-corrected chi connectivity index (χ4v) is 3.11. The molecule has 1 aromatic rings. The molecule has 1 aliphatic heterocycles. The Labute approximate surface area is 173 Å². The van der Waals surface area contributed by atoms with Crippen molar-refractivity contribution in [2.75, 3.05) is 19.8 Å². The standard InChI is InChI=1S/C20H23NO7S/c1-4-13(3)28-17(22)11-21-19(24)16(29-20(21)25)10-14-6-8-15(9-7-14)27-12-18(23)26-5-2/h6-10,13H,4-5,11-12H2,1-3H3/b16-10-/t13-/m1/s1. The lowest BCUT2D eigenvalue weighted by Gasteiger charge is -2.14. The largest absolute Gasteiger partial charge is 0.482 e. The van der Waals surface area contributed by atoms with Gasteiger partial charge in [0.1, 0.15) is 12.3 Å². The van der Waals surface area contributed by atoms with E-state index in [1.165, 1.54) is 0 Å². The molecule has 1 fully saturated rings. The second kappa shape index (κ2) is 10.7. The van der Waals surface area contributed by atoms with E-state index in [-0.39, 0.29) is 24.2 Å². The first-order valence-corrected chi connectivity index (χ1v) is 9.99. The maximum absolute atomic E-state index is 12.4. The van der Waals surface area contributed by atoms with Gasteiger partial charge >= 0.3 is 11.9 Å². The van der Waals surface area contributed by atoms with Crippen molar-refractivity contribution in [3.8, 4) is 5.75 Å². The molecule has 0 spiro atoms. The average molecular weight is 421 g/mol. The van der Waals surface area contributed by atoms with Crippen LogP contribution in [0.25, 0.3) is 6.08 Å². The Morgan fingerprint density at radius 1 is 1.14 bits per heavy atom. The van der Waals surface area contributed by atoms with Crippen LogP contribution in [0.2, 0.25) is 0 Å². The second-order valence-electron chi connectivity index (χ2n) is 6.14. The van der Waals surface area contributed by atoms with Crippen molar-refractivity contribution in [1.82, 2.24) is 4.90 Å². The number of hydrogen-bond acceptors (Lipinski definition) is 8. The van der Waals surface area contributed by atoms with Gasteiger partial charge in [0.05, 0.1) is 17.6 Å². The van der Waals surface area contributed by atoms with E-state index in [0.717, 1.165) is 16.7 Å². The fraction of sp³-hybridized carbons (Fsp3) is 0.400. The molecule has 156 valence electrons. The number of hydrogen-bond donors (Lipinski definition) is 0. The number of carbonyl (C=O) groups excluding carboxylic acids is 4. The Morgan fingerprint density at radius 2 is 1.83 bits per heavy atom. The summed E-state index contributed by atoms with van der Waals surface area (Å²) in [6.45, 7) is 5.00. The van der Waals surface area contributed by atoms with Crippen molar-refractivity contribution < 1.29 is 33.4 Å². The van der Waals surface area contributed by atoms with E-state index in [1.54, 1.807) is 44.2 Å². The number of imide groups is 1. The van der Waals surface area contributed by atoms with Gasteiger partial charge in [-0.3, -0.25) is 19.3 Å². The number of benzene rings is 1. The molecule has 0 aromatic heterocycles. The van der Waals surface area contributed by atoms with E-state index < -0.39 is 29.6 Å². The van der Waals surface area contributed by atoms with Gasteiger partial charge in [-0.15, -0.1) is 0 Å². The smallest absolute Gasteiger partial charge is 0.344 e. The molecule has 0 saturated carbocycles. The molecule has 0 N–H and O–H groups in total. The molecule has 0 unspecified atom stereocenters. The minimum Gasteiger partial charge on any atom is -0.482 e. The van der Waals surface area contributed by atoms with E-state index in [2.05, 4.69) is 0 Å². The summed E-state index contributed by atoms with van der Waals surface area (Å²) < 4.78 is 15.2. The Hall–Kier alpha value is -2.81. The molecule has 0 aliphatic carbocycles. The zero-order valence-corrected chi connectivity index (χ0v) is 17.3. The molecule has 29 heavy (non-hydrogen) atoms. The van der Waals surface area contributed by atoms with Gasteiger partial charge < -0.3 is 14.2 Å². The molecule has 1 saturated heterocycles. The van der Waals surface area contributed by atoms with Crippen LogP contribution < -0.4 is 4.74 Å². The van der Waals surface area contributed by atoms with Crippen LogP contribution in [-0.2, 0) is 23.9 Å². The van der Waals surface area contributed by atoms with Gasteiger partial charge in [-0.1, -0.05) is 19.1 Å². The third-order valence-corrected chi connectivity index (χ3v) is 4.82. The van der Waals surface area contributed by atoms with Gasteiger partial charge in [-0.25, -0.2) is 4.79 Å². The molecule has 0 radical (unpaired) electrons. The van der Waals surface area contributed by atoms with E-state index in [1.807, 2.05) is 6.92 Å². The number of thioether (sulfide) groups is 1. The lowest BCUT2D eigenvalue weighted by atomic mass is 10.2. The van der Waals surface area contributed by atoms with Crippen molar-refractivity contribution in [3.63, 3.8) is 0 Å². The number of amides is 2. The molecule has 1 aromatic carbocycles. The summed E-state index contributed by atoms with van der Waals surface area (Å²) in [4.78, 5) is 48.8. The zero-order valence-electron chi connectivity index (χ0n) is 16.5. The molecule has 0 bridgehead atoms. The SMILES string of the molecule is CCOC(=O)COc1ccc(/C=C2\SC(=O)N(CC(=O)O[C@H](C)CC)C2=O)cc1. The summed E-state index contributed by atoms with van der Waals surface area (Å²) in [6, 6.07) is 6.65. The van der Waals surface area contributed by atoms with Crippen LogP contribution in [-0.4, -0.2) is 53.8 Å². The van der Waals surface area contributed by atoms with E-state index in [0.29, 0.717) is 17.7 Å². The molecular weight excluding hydrogens is 398 g/mol. The summed E-state index contributed by atoms with van der Waals surface area (Å²) >= 11 is 0.765. The van der Waals surface area contributed by atoms with Crippen LogP contribution >= 0.6 is 11.8 Å². The Morgan fingerprint density at radius 3 is 2.45 bits per heavy atom. The Balaban J connectivity index is 1.98. The van der Waals surface area contributed by atoms with Crippen molar-refractivity contribution in [3.05, 3.63) is 34.7 Å². The van der Waals surface area contributed by atoms with Crippen molar-refractivity contribution in [1.29, 1.82) is 0 Å². The van der Waals surface area contributed by atoms with Crippen LogP contribution in [0.4, 0.5) is 4.79 Å². The van der Waals surface area contributed by atoms with Gasteiger partial charge in [0, 0.05) is 0 Å². The van der Waals surface area contributed by atoms with Crippen molar-refractivity contribution >= 4 is 40.9 Å². The Bertz CT molecular complexity index is 804. The predicted octanol–water partition coefficient (Wildman–Crippen LogP) is 3.01. The highest BCUT2D eigenvalue weighted by Crippen LogP contribution is 2.32. The highest BCUT2D eigenvalue weighted by atomic mass is 32.2. The zero-order chi connectivity index (χ0) is 21.4. The molecular formula is C20H23NO7S. The maximum atomic E-state index is 12.4. The molecule has 9 heteroatoms. The minimum atomic E-state index is -0.619. The third kappa shape index (κ3) is 6.63. The quantitative estimate of drug-likeness (QED) is 0.443. The van der Waals surface area contributed by atoms with Crippen LogP contribution in [0.15, 0.2) is 29.2 Å². The maximum Gasteiger partial charge on any atom is 0.344 e. The summed E-state index contributed by atoms with van der Waals surface area (Å²) in [7, 11) is 0. The highest BCUT2D eigenvalue weighted by molar-refractivity contribution is 8.18. The molecule has 1 heterocycles. The van der Waals surface area contributed by atoms with Crippen LogP contribution in [0.1, 0.15) is 32.8 Å². The summed E-state index contributed by atoms with van der Waals surface area (Å²) in [5.74, 6) is -1.15. The molecule has 8 nitrogen and oxygen atoms in total. The van der Waals surface area contributed by atoms with Gasteiger partial charge in [0.25, 0.3) is 11.1 Å². The Kier molecular flexibility index (Phi) is 8.26. The van der Waals surface area contributed by atoms with Crippen LogP contribution in [0, 0.1) is 0 Å². The van der Waals surface area contributed by atoms with Crippen LogP contribution in [0.5, 0.6) is 5.75 Å². The second-order valence-corrected chi connectivity index (χ2v) is 7.13. The first-order chi connectivity index (χ1) is 13.8. The first kappa shape index (κ1) is 22.5. The average Bonchev–Trinajstić information content (AvgIpc) is 2.95. The monoisotopic (exact) mass is 421 g/mol. The topological polar surface area (TPSA) is 99.2 Å². The lowest BCUT2D eigenvalue weighted by Crippen LogP contribution is -2.35. The summed E-state index contributed by atoms with van der Waals surface area (Å²) in [5, 5.41) is -0.517. The number of carbonyl (C=O) groups is 4. The summed E-state index contributed by atoms with van der Waals surface area (Å²) in [5.41, 5.74) is 0.668. The van der Waals surface area contributed by atoms with Gasteiger partial charge in [-0.2, -0.15) is 0 Å². The first-order valence-electron chi connectivity index (χ1n) is 9.17. The third-order valence-electron chi connectivity index (χ3n) is 3.91. The molecule has 1 atom stereocenters. The molecule has 2 amide bonds. The lowest BCUT2D eigenvalue weighted by molar-refractivity contribution is -0.150. The van der Waals surface area contributed by atoms with Crippen molar-refractivity contribution in [2.24, 2.45) is 0 Å². The number of esters is 2. The normalized spacial score (nSPS) is 16.1. The fourth-order valence-electron chi connectivity index (χ4n) is 2.27. The van der Waals surface area contributed by atoms with Gasteiger partial charge in [-0.05, 0) is 55.8 Å². The van der Waals surface area contributed by atoms with Gasteiger partial charge in [0.2, 0.25) is 0 Å². The van der Waals surface area contributed by atoms with Crippen LogP contribution in [0.3, 0.4) is 0 Å². The minimum absolute atomic E-state index is 0.196. The number of ether oxygens (including phenoxy) is 3. The molecule has 1 aliphatic rings. The number of rotatable bonds is 9. The number of nitrogens with zero attached hydrogens (tertiary/aromatic N) is 1. The van der Waals surface area contributed by atoms with Crippen molar-refractivity contribution in [2.45, 2.75) is 33.3 Å². The van der Waals surface area contributed by atoms with Gasteiger partial charge in [0.15, 0.2) is 6.61 Å².